The maximum Gasteiger partial charge on any atom is 0.0139 e. The van der Waals surface area contributed by atoms with Gasteiger partial charge < -0.3 is 16.0 Å². The molecule has 4 unspecified atom stereocenters. The predicted molar refractivity (Wildman–Crippen MR) is 273 cm³/mol. The topological polar surface area (TPSA) is 36.1 Å². The Kier molecular flexibility index (Phi) is 15.2. The molecule has 4 aromatic rings. The molecule has 3 nitrogen and oxygen atoms in total. The van der Waals surface area contributed by atoms with Crippen LogP contribution in [0.4, 0.5) is 0 Å². The number of benzene rings is 4. The largest absolute Gasteiger partial charge is 0.316 e. The molecular weight excluding hydrogens is 810 g/mol. The highest BCUT2D eigenvalue weighted by Crippen LogP contribution is 2.57. The fourth-order valence-corrected chi connectivity index (χ4v) is 14.0. The molecule has 9 aliphatic carbocycles. The molecule has 9 saturated carbocycles. The Labute approximate surface area is 400 Å². The molecule has 0 aromatic heterocycles. The molecule has 12 aliphatic rings. The zero-order valence-corrected chi connectivity index (χ0v) is 40.4. The van der Waals surface area contributed by atoms with E-state index in [9.17, 15) is 0 Å². The van der Waals surface area contributed by atoms with Crippen LogP contribution in [0.3, 0.4) is 0 Å². The first kappa shape index (κ1) is 45.8. The third-order valence-corrected chi connectivity index (χ3v) is 18.6. The van der Waals surface area contributed by atoms with Crippen LogP contribution in [0.15, 0.2) is 121 Å². The third kappa shape index (κ3) is 12.8. The number of hydrogen-bond donors (Lipinski definition) is 3. The van der Waals surface area contributed by atoms with Gasteiger partial charge in [0.15, 0.2) is 0 Å². The average molecular weight is 893 g/mol. The lowest BCUT2D eigenvalue weighted by atomic mass is 9.95. The normalized spacial score (nSPS) is 38.3. The van der Waals surface area contributed by atoms with E-state index in [1.54, 1.807) is 30.4 Å². The fraction of sp³-hybridized carbons (Fsp3) is 0.607. The zero-order chi connectivity index (χ0) is 42.7. The lowest BCUT2D eigenvalue weighted by Gasteiger charge is -2.12. The Morgan fingerprint density at radius 2 is 0.692 bits per heavy atom. The Morgan fingerprint density at radius 1 is 0.323 bits per heavy atom. The van der Waals surface area contributed by atoms with Crippen molar-refractivity contribution < 1.29 is 0 Å². The van der Waals surface area contributed by atoms with E-state index in [1.165, 1.54) is 139 Å². The summed E-state index contributed by atoms with van der Waals surface area (Å²) in [6.45, 7) is 5.15. The first-order chi connectivity index (χ1) is 31.7. The van der Waals surface area contributed by atoms with Gasteiger partial charge in [0.1, 0.15) is 0 Å². The molecule has 3 heterocycles. The lowest BCUT2D eigenvalue weighted by Crippen LogP contribution is -2.28. The smallest absolute Gasteiger partial charge is 0.0139 e. The molecule has 0 amide bonds. The van der Waals surface area contributed by atoms with E-state index in [0.717, 1.165) is 83.1 Å². The van der Waals surface area contributed by atoms with Gasteiger partial charge in [-0.1, -0.05) is 141 Å². The van der Waals surface area contributed by atoms with Crippen LogP contribution >= 0.6 is 12.4 Å². The summed E-state index contributed by atoms with van der Waals surface area (Å²) in [5, 5.41) is 10.5. The van der Waals surface area contributed by atoms with Gasteiger partial charge in [0.2, 0.25) is 0 Å². The molecule has 12 fully saturated rings. The predicted octanol–water partition coefficient (Wildman–Crippen LogP) is 12.7. The van der Waals surface area contributed by atoms with Crippen LogP contribution in [0.25, 0.3) is 0 Å². The van der Waals surface area contributed by atoms with Crippen molar-refractivity contribution >= 4 is 12.4 Å². The van der Waals surface area contributed by atoms with E-state index >= 15 is 0 Å². The highest BCUT2D eigenvalue weighted by Gasteiger charge is 2.50. The van der Waals surface area contributed by atoms with Crippen LogP contribution in [0.5, 0.6) is 0 Å². The lowest BCUT2D eigenvalue weighted by molar-refractivity contribution is 0.478. The third-order valence-electron chi connectivity index (χ3n) is 18.6. The zero-order valence-electron chi connectivity index (χ0n) is 39.5. The van der Waals surface area contributed by atoms with Gasteiger partial charge in [0.25, 0.3) is 0 Å². The Balaban J connectivity index is 0.0000000936. The second kappa shape index (κ2) is 21.6. The van der Waals surface area contributed by atoms with Crippen molar-refractivity contribution in [2.75, 3.05) is 26.2 Å². The first-order valence-corrected chi connectivity index (χ1v) is 27.0. The number of fused-ring (bicyclic) bond motifs is 6. The fourth-order valence-electron chi connectivity index (χ4n) is 14.0. The van der Waals surface area contributed by atoms with Crippen molar-refractivity contribution in [3.8, 4) is 0 Å². The maximum atomic E-state index is 3.60. The Hall–Kier alpha value is -2.95. The van der Waals surface area contributed by atoms with Gasteiger partial charge in [-0.05, 0) is 221 Å². The molecule has 3 saturated heterocycles. The molecular formula is C61H82ClN3. The molecule has 4 heteroatoms. The summed E-state index contributed by atoms with van der Waals surface area (Å²) in [7, 11) is 0. The summed E-state index contributed by atoms with van der Waals surface area (Å²) in [5.41, 5.74) is 6.04. The molecule has 348 valence electrons. The summed E-state index contributed by atoms with van der Waals surface area (Å²) >= 11 is 0. The monoisotopic (exact) mass is 892 g/mol. The van der Waals surface area contributed by atoms with Crippen molar-refractivity contribution in [1.29, 1.82) is 0 Å². The summed E-state index contributed by atoms with van der Waals surface area (Å²) in [6.07, 6.45) is 24.9. The molecule has 16 atom stereocenters. The van der Waals surface area contributed by atoms with E-state index in [0.29, 0.717) is 0 Å². The van der Waals surface area contributed by atoms with Gasteiger partial charge in [0.05, 0.1) is 0 Å². The van der Waals surface area contributed by atoms with E-state index < -0.39 is 0 Å². The van der Waals surface area contributed by atoms with Gasteiger partial charge in [-0.25, -0.2) is 0 Å². The summed E-state index contributed by atoms with van der Waals surface area (Å²) in [4.78, 5) is 0. The van der Waals surface area contributed by atoms with Crippen molar-refractivity contribution in [2.45, 2.75) is 121 Å². The minimum atomic E-state index is 0. The molecule has 0 bridgehead atoms. The Morgan fingerprint density at radius 3 is 0.923 bits per heavy atom. The molecule has 65 heavy (non-hydrogen) atoms. The molecule has 4 aromatic carbocycles. The SMILES string of the molecule is C1CC2CC2C1.C1NCC2CC12.Cl.c1ccc(C[C@@H]2CC[C@@H]3C[C@@H]32)cc1.c1ccc(C[C@@H]2NC[C@@H]3C[C@@H]32)cc1.c1ccc(C[C@H]2CC[C@@H]3C[C@H]23)cc1.c1ccc(C[C@H]2NC[C@@H]3C[C@@H]32)cc1. The van der Waals surface area contributed by atoms with E-state index in [-0.39, 0.29) is 12.4 Å². The van der Waals surface area contributed by atoms with Gasteiger partial charge in [0, 0.05) is 12.1 Å². The number of rotatable bonds is 8. The van der Waals surface area contributed by atoms with E-state index in [1.807, 2.05) is 0 Å². The van der Waals surface area contributed by atoms with Crippen LogP contribution in [0.2, 0.25) is 0 Å². The minimum Gasteiger partial charge on any atom is -0.316 e. The van der Waals surface area contributed by atoms with Crippen LogP contribution in [0.1, 0.15) is 106 Å². The number of halogens is 1. The minimum absolute atomic E-state index is 0. The number of hydrogen-bond acceptors (Lipinski definition) is 3. The number of piperidine rings is 3. The first-order valence-electron chi connectivity index (χ1n) is 27.0. The summed E-state index contributed by atoms with van der Waals surface area (Å²) in [6, 6.07) is 45.1. The van der Waals surface area contributed by atoms with E-state index in [2.05, 4.69) is 137 Å². The molecule has 3 aliphatic heterocycles. The highest BCUT2D eigenvalue weighted by atomic mass is 35.5. The maximum absolute atomic E-state index is 3.60. The second-order valence-corrected chi connectivity index (χ2v) is 23.2. The van der Waals surface area contributed by atoms with Crippen LogP contribution < -0.4 is 16.0 Å². The van der Waals surface area contributed by atoms with Crippen molar-refractivity contribution in [1.82, 2.24) is 16.0 Å². The number of nitrogens with one attached hydrogen (secondary N) is 3. The van der Waals surface area contributed by atoms with Gasteiger partial charge >= 0.3 is 0 Å². The standard InChI is InChI=1S/2C13H16.2C12H15N.C6H10.C5H9N.ClH/c2*1-2-4-10(5-3-1)8-11-6-7-12-9-13(11)12;2*1-2-4-9(5-3-1)6-12-11-7-10(11)8-13-12;1-2-5-4-6(5)3-1;1-4-2-6-3-5(1)4;/h2*1-5,11-13H,6-9H2;2*1-5,10-13H,6-8H2;5-6H,1-4H2;4-6H,1-3H2;1H/t11-,12+,13+;11-,12-,13-;10-,11-,12+;10-,11-,12-;;;/m0100.../s1. The van der Waals surface area contributed by atoms with Gasteiger partial charge in [-0.15, -0.1) is 12.4 Å². The molecule has 16 rings (SSSR count). The van der Waals surface area contributed by atoms with Crippen molar-refractivity contribution in [3.05, 3.63) is 144 Å². The van der Waals surface area contributed by atoms with E-state index in [4.69, 9.17) is 0 Å². The van der Waals surface area contributed by atoms with Crippen LogP contribution in [-0.2, 0) is 25.7 Å². The van der Waals surface area contributed by atoms with Gasteiger partial charge in [-0.3, -0.25) is 0 Å². The Bertz CT molecular complexity index is 1740. The summed E-state index contributed by atoms with van der Waals surface area (Å²) < 4.78 is 0. The van der Waals surface area contributed by atoms with Crippen LogP contribution in [-0.4, -0.2) is 38.3 Å². The second-order valence-electron chi connectivity index (χ2n) is 23.2. The quantitative estimate of drug-likeness (QED) is 0.165. The van der Waals surface area contributed by atoms with Crippen molar-refractivity contribution in [3.63, 3.8) is 0 Å². The molecule has 0 radical (unpaired) electrons. The summed E-state index contributed by atoms with van der Waals surface area (Å²) in [5.74, 6) is 15.2. The highest BCUT2D eigenvalue weighted by molar-refractivity contribution is 5.85. The van der Waals surface area contributed by atoms with Crippen molar-refractivity contribution in [2.24, 2.45) is 82.9 Å². The van der Waals surface area contributed by atoms with Gasteiger partial charge in [-0.2, -0.15) is 0 Å². The molecule has 0 spiro atoms. The molecule has 3 N–H and O–H groups in total. The van der Waals surface area contributed by atoms with Crippen LogP contribution in [0, 0.1) is 82.9 Å². The average Bonchev–Trinajstić information content (AvgIpc) is 4.12.